The number of hydrogen-bond acceptors (Lipinski definition) is 3. The van der Waals surface area contributed by atoms with Gasteiger partial charge in [-0.2, -0.15) is 0 Å². The smallest absolute Gasteiger partial charge is 0.0969 e. The van der Waals surface area contributed by atoms with Crippen molar-refractivity contribution < 1.29 is 0 Å². The number of rotatable bonds is 4. The van der Waals surface area contributed by atoms with Gasteiger partial charge in [-0.15, -0.1) is 5.10 Å². The van der Waals surface area contributed by atoms with Gasteiger partial charge in [0.15, 0.2) is 0 Å². The van der Waals surface area contributed by atoms with Crippen molar-refractivity contribution in [3.8, 4) is 5.69 Å². The highest BCUT2D eigenvalue weighted by Gasteiger charge is 2.11. The van der Waals surface area contributed by atoms with Gasteiger partial charge in [0.05, 0.1) is 17.6 Å². The first-order chi connectivity index (χ1) is 8.61. The summed E-state index contributed by atoms with van der Waals surface area (Å²) in [6, 6.07) is 3.96. The standard InChI is InChI=1S/C11H11Br3N4/c1-2-15-5-8-6-18(17-16-8)11-9(13)3-7(12)4-10(11)14/h3-4,6,15H,2,5H2,1H3. The molecule has 1 heterocycles. The molecule has 0 spiro atoms. The number of aromatic nitrogens is 3. The van der Waals surface area contributed by atoms with Crippen LogP contribution in [0.2, 0.25) is 0 Å². The summed E-state index contributed by atoms with van der Waals surface area (Å²) in [5.41, 5.74) is 1.85. The minimum Gasteiger partial charge on any atom is -0.311 e. The van der Waals surface area contributed by atoms with Gasteiger partial charge in [-0.05, 0) is 50.5 Å². The number of halogens is 3. The number of nitrogens with one attached hydrogen (secondary N) is 1. The molecule has 0 radical (unpaired) electrons. The molecule has 0 unspecified atom stereocenters. The molecule has 2 aromatic rings. The lowest BCUT2D eigenvalue weighted by atomic mass is 10.3. The first-order valence-electron chi connectivity index (χ1n) is 5.38. The molecule has 1 aromatic carbocycles. The van der Waals surface area contributed by atoms with Crippen LogP contribution >= 0.6 is 47.8 Å². The van der Waals surface area contributed by atoms with Gasteiger partial charge in [-0.3, -0.25) is 0 Å². The van der Waals surface area contributed by atoms with Crippen LogP contribution in [0.15, 0.2) is 31.7 Å². The summed E-state index contributed by atoms with van der Waals surface area (Å²) < 4.78 is 4.65. The summed E-state index contributed by atoms with van der Waals surface area (Å²) in [6.45, 7) is 3.70. The average molecular weight is 439 g/mol. The molecule has 0 aliphatic rings. The Bertz CT molecular complexity index is 530. The van der Waals surface area contributed by atoms with Gasteiger partial charge in [0.2, 0.25) is 0 Å². The second kappa shape index (κ2) is 6.27. The molecule has 0 bridgehead atoms. The quantitative estimate of drug-likeness (QED) is 0.792. The molecule has 0 fully saturated rings. The van der Waals surface area contributed by atoms with Gasteiger partial charge in [0.1, 0.15) is 0 Å². The van der Waals surface area contributed by atoms with E-state index in [2.05, 4.69) is 70.3 Å². The Balaban J connectivity index is 2.34. The second-order valence-electron chi connectivity index (χ2n) is 3.65. The molecule has 0 amide bonds. The fraction of sp³-hybridized carbons (Fsp3) is 0.273. The monoisotopic (exact) mass is 436 g/mol. The zero-order valence-corrected chi connectivity index (χ0v) is 14.4. The van der Waals surface area contributed by atoms with Gasteiger partial charge in [0, 0.05) is 20.0 Å². The van der Waals surface area contributed by atoms with E-state index in [1.807, 2.05) is 18.3 Å². The maximum Gasteiger partial charge on any atom is 0.0969 e. The summed E-state index contributed by atoms with van der Waals surface area (Å²) in [5.74, 6) is 0. The van der Waals surface area contributed by atoms with E-state index in [-0.39, 0.29) is 0 Å². The Morgan fingerprint density at radius 3 is 2.50 bits per heavy atom. The molecule has 0 aliphatic carbocycles. The molecule has 18 heavy (non-hydrogen) atoms. The molecule has 4 nitrogen and oxygen atoms in total. The second-order valence-corrected chi connectivity index (χ2v) is 6.28. The lowest BCUT2D eigenvalue weighted by Gasteiger charge is -2.07. The van der Waals surface area contributed by atoms with Gasteiger partial charge in [-0.1, -0.05) is 28.1 Å². The van der Waals surface area contributed by atoms with E-state index in [9.17, 15) is 0 Å². The van der Waals surface area contributed by atoms with Crippen molar-refractivity contribution in [2.24, 2.45) is 0 Å². The van der Waals surface area contributed by atoms with Crippen molar-refractivity contribution in [2.75, 3.05) is 6.54 Å². The van der Waals surface area contributed by atoms with Crippen LogP contribution in [0, 0.1) is 0 Å². The molecule has 0 saturated carbocycles. The Morgan fingerprint density at radius 2 is 1.89 bits per heavy atom. The lowest BCUT2D eigenvalue weighted by molar-refractivity contribution is 0.705. The molecule has 0 atom stereocenters. The average Bonchev–Trinajstić information content (AvgIpc) is 2.73. The zero-order valence-electron chi connectivity index (χ0n) is 9.62. The zero-order chi connectivity index (χ0) is 13.1. The highest BCUT2D eigenvalue weighted by Crippen LogP contribution is 2.32. The third-order valence-electron chi connectivity index (χ3n) is 2.31. The predicted octanol–water partition coefficient (Wildman–Crippen LogP) is 3.66. The fourth-order valence-corrected chi connectivity index (χ4v) is 4.12. The highest BCUT2D eigenvalue weighted by atomic mass is 79.9. The predicted molar refractivity (Wildman–Crippen MR) is 81.8 cm³/mol. The van der Waals surface area contributed by atoms with Crippen LogP contribution in [0.3, 0.4) is 0 Å². The molecule has 7 heteroatoms. The maximum atomic E-state index is 4.14. The van der Waals surface area contributed by atoms with Crippen molar-refractivity contribution in [2.45, 2.75) is 13.5 Å². The Hall–Kier alpha value is -0.240. The SMILES string of the molecule is CCNCc1cn(-c2c(Br)cc(Br)cc2Br)nn1. The maximum absolute atomic E-state index is 4.14. The van der Waals surface area contributed by atoms with E-state index in [1.54, 1.807) is 4.68 Å². The van der Waals surface area contributed by atoms with Crippen LogP contribution in [-0.4, -0.2) is 21.5 Å². The Morgan fingerprint density at radius 1 is 1.22 bits per heavy atom. The van der Waals surface area contributed by atoms with Crippen LogP contribution < -0.4 is 5.32 Å². The van der Waals surface area contributed by atoms with Crippen LogP contribution in [0.4, 0.5) is 0 Å². The molecular formula is C11H11Br3N4. The minimum atomic E-state index is 0.724. The van der Waals surface area contributed by atoms with E-state index in [4.69, 9.17) is 0 Å². The summed E-state index contributed by atoms with van der Waals surface area (Å²) in [5, 5.41) is 11.5. The normalized spacial score (nSPS) is 10.9. The number of benzene rings is 1. The third-order valence-corrected chi connectivity index (χ3v) is 3.97. The third kappa shape index (κ3) is 3.20. The molecule has 0 saturated heterocycles. The minimum absolute atomic E-state index is 0.724. The topological polar surface area (TPSA) is 42.7 Å². The Kier molecular flexibility index (Phi) is 4.94. The molecule has 0 aliphatic heterocycles. The first kappa shape index (κ1) is 14.2. The Labute approximate surface area is 131 Å². The van der Waals surface area contributed by atoms with Crippen molar-refractivity contribution >= 4 is 47.8 Å². The lowest BCUT2D eigenvalue weighted by Crippen LogP contribution is -2.11. The molecular weight excluding hydrogens is 428 g/mol. The van der Waals surface area contributed by atoms with Gasteiger partial charge in [-0.25, -0.2) is 4.68 Å². The largest absolute Gasteiger partial charge is 0.311 e. The van der Waals surface area contributed by atoms with Crippen LogP contribution in [0.5, 0.6) is 0 Å². The summed E-state index contributed by atoms with van der Waals surface area (Å²) in [6.07, 6.45) is 1.92. The summed E-state index contributed by atoms with van der Waals surface area (Å²) >= 11 is 10.5. The number of nitrogens with zero attached hydrogens (tertiary/aromatic N) is 3. The van der Waals surface area contributed by atoms with Crippen molar-refractivity contribution in [3.63, 3.8) is 0 Å². The highest BCUT2D eigenvalue weighted by molar-refractivity contribution is 9.11. The van der Waals surface area contributed by atoms with E-state index >= 15 is 0 Å². The first-order valence-corrected chi connectivity index (χ1v) is 7.76. The molecule has 1 aromatic heterocycles. The van der Waals surface area contributed by atoms with Gasteiger partial charge in [0.25, 0.3) is 0 Å². The molecule has 96 valence electrons. The van der Waals surface area contributed by atoms with Crippen LogP contribution in [0.1, 0.15) is 12.6 Å². The number of hydrogen-bond donors (Lipinski definition) is 1. The van der Waals surface area contributed by atoms with Crippen molar-refractivity contribution in [3.05, 3.63) is 37.4 Å². The van der Waals surface area contributed by atoms with Crippen molar-refractivity contribution in [1.29, 1.82) is 0 Å². The van der Waals surface area contributed by atoms with E-state index in [0.29, 0.717) is 0 Å². The summed E-state index contributed by atoms with van der Waals surface area (Å²) in [7, 11) is 0. The summed E-state index contributed by atoms with van der Waals surface area (Å²) in [4.78, 5) is 0. The molecule has 2 rings (SSSR count). The van der Waals surface area contributed by atoms with Crippen LogP contribution in [-0.2, 0) is 6.54 Å². The molecule has 1 N–H and O–H groups in total. The van der Waals surface area contributed by atoms with E-state index in [0.717, 1.165) is 37.9 Å². The van der Waals surface area contributed by atoms with Gasteiger partial charge >= 0.3 is 0 Å². The van der Waals surface area contributed by atoms with E-state index in [1.165, 1.54) is 0 Å². The van der Waals surface area contributed by atoms with E-state index < -0.39 is 0 Å². The van der Waals surface area contributed by atoms with Crippen molar-refractivity contribution in [1.82, 2.24) is 20.3 Å². The fourth-order valence-electron chi connectivity index (χ4n) is 1.50. The van der Waals surface area contributed by atoms with Gasteiger partial charge < -0.3 is 5.32 Å². The van der Waals surface area contributed by atoms with Crippen LogP contribution in [0.25, 0.3) is 5.69 Å².